The Bertz CT molecular complexity index is 3630. The van der Waals surface area contributed by atoms with E-state index in [4.69, 9.17) is 4.74 Å². The summed E-state index contributed by atoms with van der Waals surface area (Å²) >= 11 is 0. The summed E-state index contributed by atoms with van der Waals surface area (Å²) in [4.78, 5) is 33.3. The molecule has 1 fully saturated rings. The van der Waals surface area contributed by atoms with Crippen molar-refractivity contribution in [2.75, 3.05) is 32.1 Å². The van der Waals surface area contributed by atoms with Gasteiger partial charge in [0.15, 0.2) is 29.2 Å². The van der Waals surface area contributed by atoms with Crippen molar-refractivity contribution in [1.29, 1.82) is 0 Å². The van der Waals surface area contributed by atoms with Crippen molar-refractivity contribution in [3.8, 4) is 34.8 Å². The van der Waals surface area contributed by atoms with Crippen molar-refractivity contribution in [2.24, 2.45) is 41.4 Å². The number of phenols is 3. The van der Waals surface area contributed by atoms with Gasteiger partial charge in [0.1, 0.15) is 17.3 Å². The van der Waals surface area contributed by atoms with Gasteiger partial charge in [-0.25, -0.2) is 0 Å². The SMILES string of the molecule is CCC[C@@H]1[C@H]2C[C@@H](CC3=CCNC(=C3)Nc3ccc4ccc(c(O)c4c3)C[C@H](O)CNC[C@H](C)c3c[nH]c(c3)C[C@H]1O)C[C@@H]1C#C[C@H](c3ccccc3[C@@H]3C=C[C@@H](Cc4cccc(O)c4)[C@H](C)C3)c3cc(O)c(OC)cc3CCC(=O)[C@H](O)C(=O)[C@H]1C2. The highest BCUT2D eigenvalue weighted by molar-refractivity contribution is 6.06. The van der Waals surface area contributed by atoms with Gasteiger partial charge in [-0.15, -0.1) is 0 Å². The van der Waals surface area contributed by atoms with E-state index in [9.17, 15) is 35.4 Å². The van der Waals surface area contributed by atoms with Crippen LogP contribution in [0.25, 0.3) is 10.8 Å². The van der Waals surface area contributed by atoms with E-state index in [1.165, 1.54) is 7.11 Å². The summed E-state index contributed by atoms with van der Waals surface area (Å²) in [7, 11) is 1.49. The van der Waals surface area contributed by atoms with Gasteiger partial charge in [0.2, 0.25) is 0 Å². The molecular weight excluding hydrogens is 1090 g/mol. The lowest BCUT2D eigenvalue weighted by atomic mass is 9.72. The number of ketones is 2. The van der Waals surface area contributed by atoms with Crippen molar-refractivity contribution in [3.63, 3.8) is 0 Å². The Morgan fingerprint density at radius 1 is 0.770 bits per heavy atom. The number of methoxy groups -OCH3 is 1. The third kappa shape index (κ3) is 14.1. The third-order valence-corrected chi connectivity index (χ3v) is 19.7. The van der Waals surface area contributed by atoms with Crippen LogP contribution < -0.4 is 20.7 Å². The molecule has 1 aromatic heterocycles. The number of rotatable bonds is 7. The normalized spacial score (nSPS) is 28.3. The summed E-state index contributed by atoms with van der Waals surface area (Å²) in [6.45, 7) is 8.03. The van der Waals surface area contributed by atoms with Gasteiger partial charge in [0, 0.05) is 79.6 Å². The van der Waals surface area contributed by atoms with E-state index in [1.54, 1.807) is 18.2 Å². The first-order chi connectivity index (χ1) is 42.1. The first-order valence-electron chi connectivity index (χ1n) is 31.7. The van der Waals surface area contributed by atoms with Crippen LogP contribution >= 0.6 is 0 Å². The van der Waals surface area contributed by atoms with Crippen molar-refractivity contribution >= 4 is 28.0 Å². The highest BCUT2D eigenvalue weighted by Gasteiger charge is 2.44. The number of fused-ring (bicyclic) bond motifs is 9. The van der Waals surface area contributed by atoms with Crippen LogP contribution in [0.1, 0.15) is 135 Å². The number of anilines is 1. The number of allylic oxidation sites excluding steroid dienone is 4. The van der Waals surface area contributed by atoms with Gasteiger partial charge in [-0.1, -0.05) is 112 Å². The summed E-state index contributed by atoms with van der Waals surface area (Å²) in [6.07, 6.45) is 13.5. The highest BCUT2D eigenvalue weighted by atomic mass is 16.5. The Hall–Kier alpha value is -7.60. The number of hydrogen-bond donors (Lipinski definition) is 10. The minimum Gasteiger partial charge on any atom is -0.508 e. The second-order valence-electron chi connectivity index (χ2n) is 25.8. The van der Waals surface area contributed by atoms with E-state index < -0.39 is 47.6 Å². The number of phenolic OH excluding ortho intramolecular Hbond substituents is 3. The van der Waals surface area contributed by atoms with Crippen molar-refractivity contribution in [3.05, 3.63) is 184 Å². The number of aryl methyl sites for hydroxylation is 1. The number of Topliss-reactive ketones (excluding diaryl/α,β-unsaturated/α-hetero) is 2. The molecule has 0 unspecified atom stereocenters. The molecule has 0 spiro atoms. The quantitative estimate of drug-likeness (QED) is 0.0410. The summed E-state index contributed by atoms with van der Waals surface area (Å²) in [5, 5.41) is 81.6. The number of nitrogens with one attached hydrogen (secondary N) is 4. The number of aromatic nitrogens is 1. The Balaban J connectivity index is 1.01. The molecule has 11 rings (SSSR count). The number of benzene rings is 5. The molecule has 5 aliphatic rings. The molecule has 1 saturated carbocycles. The Labute approximate surface area is 512 Å². The number of dihydropyridines is 1. The average molecular weight is 1180 g/mol. The lowest BCUT2D eigenvalue weighted by Crippen LogP contribution is -2.40. The number of aliphatic hydroxyl groups excluding tert-OH is 3. The van der Waals surface area contributed by atoms with Crippen LogP contribution in [-0.4, -0.2) is 92.2 Å². The standard InChI is InChI=1S/C74H86N4O9/c1-5-9-61-54-30-47(27-46-24-25-76-71(32-46)78-56-21-18-48-14-17-53(72(84)66(48)37-56)34-59(80)42-75-40-44(3)55-33-57(77-41-55)38-68(61)82)29-51-19-22-63(64-39-69(83)70(87-4)36-52(64)20-23-67(81)74(86)73(85)65(51)35-54)62-13-7-6-12-60(62)50-16-15-49(43(2)26-50)28-45-10-8-11-58(79)31-45/h6-8,10-18,21,24,31-33,36-37,39,41,43-44,47,49-51,54,59,61,63,65,68,74-80,82-84,86H,5,9,20,23,25-30,34-35,38,40,42H2,1-4H3/t43-,44+,47+,49+,50-,51+,54+,59+,61-,63-,65+,68-,74+/m1/s1. The summed E-state index contributed by atoms with van der Waals surface area (Å²) in [6, 6.07) is 31.2. The third-order valence-electron chi connectivity index (χ3n) is 19.7. The van der Waals surface area contributed by atoms with Gasteiger partial charge >= 0.3 is 0 Å². The number of hydrogen-bond acceptors (Lipinski definition) is 12. The first-order valence-corrected chi connectivity index (χ1v) is 31.7. The van der Waals surface area contributed by atoms with Crippen LogP contribution in [0.4, 0.5) is 5.69 Å². The molecule has 13 atom stereocenters. The zero-order valence-corrected chi connectivity index (χ0v) is 50.6. The predicted molar refractivity (Wildman–Crippen MR) is 342 cm³/mol. The minimum absolute atomic E-state index is 0.0333. The molecule has 3 heterocycles. The van der Waals surface area contributed by atoms with Gasteiger partial charge in [-0.3, -0.25) is 9.59 Å². The molecule has 13 nitrogen and oxygen atoms in total. The maximum Gasteiger partial charge on any atom is 0.173 e. The second-order valence-corrected chi connectivity index (χ2v) is 25.8. The fourth-order valence-electron chi connectivity index (χ4n) is 15.0. The number of carbonyl (C=O) groups is 2. The lowest BCUT2D eigenvalue weighted by Gasteiger charge is -2.33. The first kappa shape index (κ1) is 61.1. The second kappa shape index (κ2) is 27.2. The Morgan fingerprint density at radius 3 is 2.40 bits per heavy atom. The van der Waals surface area contributed by atoms with E-state index >= 15 is 4.79 Å². The molecule has 3 aliphatic carbocycles. The van der Waals surface area contributed by atoms with Crippen LogP contribution in [0.5, 0.6) is 23.0 Å². The predicted octanol–water partition coefficient (Wildman–Crippen LogP) is 11.6. The highest BCUT2D eigenvalue weighted by Crippen LogP contribution is 2.47. The monoisotopic (exact) mass is 1170 g/mol. The fourth-order valence-corrected chi connectivity index (χ4v) is 15.0. The number of carbonyl (C=O) groups excluding carboxylic acids is 2. The number of aromatic amines is 1. The summed E-state index contributed by atoms with van der Waals surface area (Å²) in [5.74, 6) is 6.06. The van der Waals surface area contributed by atoms with Gasteiger partial charge in [0.05, 0.1) is 25.2 Å². The van der Waals surface area contributed by atoms with E-state index in [0.29, 0.717) is 75.0 Å². The van der Waals surface area contributed by atoms with Gasteiger partial charge in [0.25, 0.3) is 0 Å². The number of H-pyrrole nitrogens is 1. The Morgan fingerprint density at radius 2 is 1.60 bits per heavy atom. The zero-order valence-electron chi connectivity index (χ0n) is 50.6. The maximum absolute atomic E-state index is 15.4. The Kier molecular flexibility index (Phi) is 19.1. The van der Waals surface area contributed by atoms with Crippen molar-refractivity contribution < 1.29 is 45.0 Å². The fraction of sp³-hybridized carbons (Fsp3) is 0.432. The zero-order chi connectivity index (χ0) is 60.9. The molecule has 456 valence electrons. The molecule has 6 aromatic rings. The number of aromatic hydroxyl groups is 3. The van der Waals surface area contributed by atoms with Crippen LogP contribution in [0.15, 0.2) is 139 Å². The molecule has 0 amide bonds. The van der Waals surface area contributed by atoms with Gasteiger partial charge in [-0.2, -0.15) is 0 Å². The number of aliphatic hydroxyl groups is 3. The molecule has 5 aromatic carbocycles. The maximum atomic E-state index is 15.4. The minimum atomic E-state index is -1.88. The molecule has 13 heteroatoms. The van der Waals surface area contributed by atoms with Crippen LogP contribution in [0, 0.1) is 53.3 Å². The average Bonchev–Trinajstić information content (AvgIpc) is 3.77. The van der Waals surface area contributed by atoms with E-state index in [2.05, 4.69) is 108 Å². The number of ether oxygens (including phenoxy) is 1. The van der Waals surface area contributed by atoms with Gasteiger partial charge < -0.3 is 56.3 Å². The summed E-state index contributed by atoms with van der Waals surface area (Å²) < 4.78 is 5.67. The van der Waals surface area contributed by atoms with E-state index in [-0.39, 0.29) is 77.8 Å². The number of β-amino-alcohol motifs (C(OH)–C–C–N with tert-alkyl or cyclic N) is 1. The molecule has 0 radical (unpaired) electrons. The van der Waals surface area contributed by atoms with Crippen LogP contribution in [-0.2, 0) is 35.3 Å². The molecular formula is C74H86N4O9. The lowest BCUT2D eigenvalue weighted by molar-refractivity contribution is -0.142. The molecule has 87 heavy (non-hydrogen) atoms. The van der Waals surface area contributed by atoms with E-state index in [0.717, 1.165) is 80.8 Å². The molecule has 10 N–H and O–H groups in total. The molecule has 0 saturated heterocycles. The molecule has 9 bridgehead atoms. The van der Waals surface area contributed by atoms with Crippen molar-refractivity contribution in [1.82, 2.24) is 15.6 Å². The topological polar surface area (TPSA) is 217 Å². The van der Waals surface area contributed by atoms with Crippen LogP contribution in [0.2, 0.25) is 0 Å². The molecule has 2 aliphatic heterocycles. The van der Waals surface area contributed by atoms with Crippen molar-refractivity contribution in [2.45, 2.75) is 134 Å². The van der Waals surface area contributed by atoms with Crippen LogP contribution in [0.3, 0.4) is 0 Å². The van der Waals surface area contributed by atoms with Gasteiger partial charge in [-0.05, 0) is 185 Å². The van der Waals surface area contributed by atoms with E-state index in [1.807, 2.05) is 54.7 Å². The summed E-state index contributed by atoms with van der Waals surface area (Å²) in [5.41, 5.74) is 9.11. The largest absolute Gasteiger partial charge is 0.508 e. The smallest absolute Gasteiger partial charge is 0.173 e.